The fourth-order valence-electron chi connectivity index (χ4n) is 5.42. The van der Waals surface area contributed by atoms with Crippen molar-refractivity contribution < 1.29 is 18.3 Å². The Kier molecular flexibility index (Phi) is 11.3. The molecule has 0 amide bonds. The van der Waals surface area contributed by atoms with E-state index in [0.29, 0.717) is 17.2 Å². The van der Waals surface area contributed by atoms with Crippen LogP contribution in [0.5, 0.6) is 5.75 Å². The van der Waals surface area contributed by atoms with Crippen molar-refractivity contribution >= 4 is 12.0 Å². The molecule has 2 nitrogen and oxygen atoms in total. The van der Waals surface area contributed by atoms with E-state index in [0.717, 1.165) is 30.7 Å². The van der Waals surface area contributed by atoms with E-state index in [-0.39, 0.29) is 11.1 Å². The van der Waals surface area contributed by atoms with Gasteiger partial charge in [0, 0.05) is 5.56 Å². The van der Waals surface area contributed by atoms with E-state index in [1.807, 2.05) is 24.3 Å². The van der Waals surface area contributed by atoms with Gasteiger partial charge in [0.05, 0.1) is 11.1 Å². The quantitative estimate of drug-likeness (QED) is 0.108. The van der Waals surface area contributed by atoms with Crippen LogP contribution in [0.1, 0.15) is 104 Å². The Hall–Kier alpha value is -3.71. The van der Waals surface area contributed by atoms with Crippen LogP contribution in [0.2, 0.25) is 0 Å². The molecule has 0 spiro atoms. The zero-order valence-electron chi connectivity index (χ0n) is 24.2. The lowest BCUT2D eigenvalue weighted by atomic mass is 9.80. The molecule has 0 aliphatic heterocycles. The lowest BCUT2D eigenvalue weighted by Gasteiger charge is -2.26. The molecule has 3 aromatic rings. The highest BCUT2D eigenvalue weighted by molar-refractivity contribution is 5.91. The Balaban J connectivity index is 1.33. The van der Waals surface area contributed by atoms with E-state index in [4.69, 9.17) is 4.74 Å². The van der Waals surface area contributed by atoms with Gasteiger partial charge in [0.15, 0.2) is 0 Å². The van der Waals surface area contributed by atoms with Gasteiger partial charge in [-0.2, -0.15) is 0 Å². The molecule has 4 heteroatoms. The molecule has 1 aliphatic carbocycles. The van der Waals surface area contributed by atoms with E-state index < -0.39 is 17.6 Å². The number of carbonyl (C=O) groups is 1. The summed E-state index contributed by atoms with van der Waals surface area (Å²) in [4.78, 5) is 12.5. The molecule has 0 aromatic heterocycles. The second-order valence-electron chi connectivity index (χ2n) is 11.1. The van der Waals surface area contributed by atoms with Crippen LogP contribution in [-0.2, 0) is 6.42 Å². The minimum Gasteiger partial charge on any atom is -0.423 e. The van der Waals surface area contributed by atoms with Crippen molar-refractivity contribution in [1.82, 2.24) is 0 Å². The highest BCUT2D eigenvalue weighted by Crippen LogP contribution is 2.32. The maximum Gasteiger partial charge on any atom is 0.346 e. The lowest BCUT2D eigenvalue weighted by molar-refractivity contribution is 0.0730. The number of esters is 1. The van der Waals surface area contributed by atoms with Crippen molar-refractivity contribution in [3.05, 3.63) is 106 Å². The number of unbranched alkanes of at least 4 members (excludes halogenated alkanes) is 2. The largest absolute Gasteiger partial charge is 0.423 e. The molecule has 3 aromatic carbocycles. The summed E-state index contributed by atoms with van der Waals surface area (Å²) < 4.78 is 34.8. The first-order chi connectivity index (χ1) is 19.9. The smallest absolute Gasteiger partial charge is 0.346 e. The van der Waals surface area contributed by atoms with Crippen LogP contribution in [-0.4, -0.2) is 5.97 Å². The number of ether oxygens (including phenoxy) is 1. The first-order valence-corrected chi connectivity index (χ1v) is 15.1. The maximum absolute atomic E-state index is 14.7. The minimum absolute atomic E-state index is 0.177. The molecule has 1 fully saturated rings. The van der Waals surface area contributed by atoms with Crippen LogP contribution in [0.4, 0.5) is 8.78 Å². The zero-order chi connectivity index (χ0) is 29.0. The van der Waals surface area contributed by atoms with Gasteiger partial charge in [0.1, 0.15) is 17.4 Å². The van der Waals surface area contributed by atoms with Gasteiger partial charge in [-0.1, -0.05) is 81.7 Å². The van der Waals surface area contributed by atoms with Gasteiger partial charge >= 0.3 is 5.97 Å². The molecular weight excluding hydrogens is 514 g/mol. The van der Waals surface area contributed by atoms with E-state index in [9.17, 15) is 13.6 Å². The first-order valence-electron chi connectivity index (χ1n) is 15.1. The van der Waals surface area contributed by atoms with E-state index in [1.54, 1.807) is 18.2 Å². The Morgan fingerprint density at radius 1 is 0.878 bits per heavy atom. The molecule has 0 unspecified atom stereocenters. The summed E-state index contributed by atoms with van der Waals surface area (Å²) in [5, 5.41) is 0. The van der Waals surface area contributed by atoms with Crippen LogP contribution in [0.25, 0.3) is 6.08 Å². The van der Waals surface area contributed by atoms with Crippen LogP contribution in [0, 0.1) is 35.3 Å². The molecule has 0 N–H and O–H groups in total. The summed E-state index contributed by atoms with van der Waals surface area (Å²) in [6.45, 7) is 4.41. The van der Waals surface area contributed by atoms with Crippen LogP contribution < -0.4 is 4.74 Å². The van der Waals surface area contributed by atoms with Gasteiger partial charge in [-0.15, -0.1) is 0 Å². The number of halogens is 2. The number of aryl methyl sites for hydroxylation is 1. The molecule has 1 aliphatic rings. The third kappa shape index (κ3) is 9.15. The molecule has 0 saturated heterocycles. The predicted octanol–water partition coefficient (Wildman–Crippen LogP) is 9.94. The normalized spacial score (nSPS) is 16.8. The summed E-state index contributed by atoms with van der Waals surface area (Å²) in [5.41, 5.74) is 2.39. The molecule has 1 saturated carbocycles. The Labute approximate surface area is 243 Å². The summed E-state index contributed by atoms with van der Waals surface area (Å²) >= 11 is 0. The summed E-state index contributed by atoms with van der Waals surface area (Å²) in [6.07, 6.45) is 16.2. The fraction of sp³-hybridized carbons (Fsp3) is 0.378. The van der Waals surface area contributed by atoms with Crippen molar-refractivity contribution in [3.8, 4) is 17.6 Å². The summed E-state index contributed by atoms with van der Waals surface area (Å²) in [6, 6.07) is 16.3. The van der Waals surface area contributed by atoms with Crippen LogP contribution >= 0.6 is 0 Å². The minimum atomic E-state index is -0.774. The van der Waals surface area contributed by atoms with Gasteiger partial charge in [0.2, 0.25) is 0 Å². The third-order valence-electron chi connectivity index (χ3n) is 7.88. The number of rotatable bonds is 10. The SMILES string of the molecule is CCCCCc1ccc(OC(=O)c2ccc(C#Cc3ccc(/C=C/C4CCC(CCC)CC4)cc3F)cc2F)cc1. The Bertz CT molecular complexity index is 1390. The summed E-state index contributed by atoms with van der Waals surface area (Å²) in [5.74, 6) is 5.45. The number of allylic oxidation sites excluding steroid dienone is 1. The molecule has 214 valence electrons. The molecule has 0 atom stereocenters. The monoisotopic (exact) mass is 554 g/mol. The molecule has 0 heterocycles. The third-order valence-corrected chi connectivity index (χ3v) is 7.88. The number of benzene rings is 3. The second kappa shape index (κ2) is 15.3. The van der Waals surface area contributed by atoms with E-state index in [2.05, 4.69) is 31.8 Å². The zero-order valence-corrected chi connectivity index (χ0v) is 24.2. The second-order valence-corrected chi connectivity index (χ2v) is 11.1. The van der Waals surface area contributed by atoms with Gasteiger partial charge in [-0.3, -0.25) is 0 Å². The topological polar surface area (TPSA) is 26.3 Å². The molecule has 41 heavy (non-hydrogen) atoms. The molecule has 0 radical (unpaired) electrons. The van der Waals surface area contributed by atoms with Gasteiger partial charge in [-0.25, -0.2) is 13.6 Å². The fourth-order valence-corrected chi connectivity index (χ4v) is 5.42. The molecular formula is C37H40F2O2. The number of carbonyl (C=O) groups excluding carboxylic acids is 1. The predicted molar refractivity (Wildman–Crippen MR) is 163 cm³/mol. The standard InChI is InChI=1S/C37H40F2O2/c1-3-5-6-8-28-17-22-33(23-18-28)41-37(40)34-24-19-31(26-36(34)39)16-21-32-20-15-30(25-35(32)38)14-13-29-11-9-27(7-4-2)10-12-29/h13-15,17-20,22-27,29H,3-12H2,1-2H3/b14-13+. The van der Waals surface area contributed by atoms with Gasteiger partial charge < -0.3 is 4.74 Å². The van der Waals surface area contributed by atoms with Crippen molar-refractivity contribution in [1.29, 1.82) is 0 Å². The van der Waals surface area contributed by atoms with Crippen molar-refractivity contribution in [2.45, 2.75) is 78.1 Å². The maximum atomic E-state index is 14.7. The highest BCUT2D eigenvalue weighted by Gasteiger charge is 2.18. The van der Waals surface area contributed by atoms with Crippen molar-refractivity contribution in [3.63, 3.8) is 0 Å². The number of hydrogen-bond donors (Lipinski definition) is 0. The van der Waals surface area contributed by atoms with Crippen LogP contribution in [0.15, 0.2) is 66.7 Å². The highest BCUT2D eigenvalue weighted by atomic mass is 19.1. The first kappa shape index (κ1) is 30.3. The van der Waals surface area contributed by atoms with Gasteiger partial charge in [-0.05, 0) is 104 Å². The van der Waals surface area contributed by atoms with Crippen molar-refractivity contribution in [2.24, 2.45) is 11.8 Å². The van der Waals surface area contributed by atoms with E-state index in [1.165, 1.54) is 74.8 Å². The Morgan fingerprint density at radius 2 is 1.66 bits per heavy atom. The molecule has 4 rings (SSSR count). The average Bonchev–Trinajstić information content (AvgIpc) is 2.97. The van der Waals surface area contributed by atoms with E-state index >= 15 is 0 Å². The van der Waals surface area contributed by atoms with Gasteiger partial charge in [0.25, 0.3) is 0 Å². The Morgan fingerprint density at radius 3 is 2.34 bits per heavy atom. The van der Waals surface area contributed by atoms with Crippen LogP contribution in [0.3, 0.4) is 0 Å². The lowest BCUT2D eigenvalue weighted by Crippen LogP contribution is -2.12. The average molecular weight is 555 g/mol. The number of hydrogen-bond acceptors (Lipinski definition) is 2. The van der Waals surface area contributed by atoms with Crippen molar-refractivity contribution in [2.75, 3.05) is 0 Å². The molecule has 0 bridgehead atoms. The summed E-state index contributed by atoms with van der Waals surface area (Å²) in [7, 11) is 0.